The molecule has 8 heteroatoms. The van der Waals surface area contributed by atoms with Crippen molar-refractivity contribution in [2.45, 2.75) is 19.8 Å². The zero-order valence-electron chi connectivity index (χ0n) is 13.1. The first-order valence-electron chi connectivity index (χ1n) is 7.08. The van der Waals surface area contributed by atoms with E-state index in [9.17, 15) is 14.7 Å². The first-order chi connectivity index (χ1) is 10.4. The molecule has 7 nitrogen and oxygen atoms in total. The van der Waals surface area contributed by atoms with Crippen molar-refractivity contribution in [3.8, 4) is 5.75 Å². The smallest absolute Gasteiger partial charge is 0.331 e. The molecule has 1 unspecified atom stereocenters. The Hall–Kier alpha value is -1.43. The quantitative estimate of drug-likeness (QED) is 0.371. The Kier molecular flexibility index (Phi) is 7.51. The van der Waals surface area contributed by atoms with Gasteiger partial charge in [0.2, 0.25) is 6.54 Å². The van der Waals surface area contributed by atoms with Gasteiger partial charge in [0.1, 0.15) is 5.75 Å². The predicted octanol–water partition coefficient (Wildman–Crippen LogP) is 3.32. The lowest BCUT2D eigenvalue weighted by molar-refractivity contribution is -0.482. The SMILES string of the molecule is CCOP(=O)(CC(C[N+](=O)[O-])c1ccc(OC)cc1)OCC. The lowest BCUT2D eigenvalue weighted by Crippen LogP contribution is -2.18. The molecule has 0 saturated heterocycles. The minimum atomic E-state index is -3.35. The van der Waals surface area contributed by atoms with Crippen LogP contribution in [0.1, 0.15) is 25.3 Å². The molecule has 0 aliphatic heterocycles. The summed E-state index contributed by atoms with van der Waals surface area (Å²) in [5.74, 6) is 0.103. The minimum absolute atomic E-state index is 0.0258. The average Bonchev–Trinajstić information content (AvgIpc) is 2.46. The van der Waals surface area contributed by atoms with Crippen LogP contribution in [0.3, 0.4) is 0 Å². The number of hydrogen-bond donors (Lipinski definition) is 0. The van der Waals surface area contributed by atoms with E-state index in [1.807, 2.05) is 0 Å². The number of rotatable bonds is 10. The van der Waals surface area contributed by atoms with Crippen molar-refractivity contribution in [2.24, 2.45) is 0 Å². The molecule has 124 valence electrons. The highest BCUT2D eigenvalue weighted by atomic mass is 31.2. The second kappa shape index (κ2) is 8.88. The molecule has 0 spiro atoms. The Balaban J connectivity index is 3.00. The van der Waals surface area contributed by atoms with E-state index >= 15 is 0 Å². The van der Waals surface area contributed by atoms with Gasteiger partial charge in [0.05, 0.1) is 32.4 Å². The van der Waals surface area contributed by atoms with Gasteiger partial charge in [-0.05, 0) is 31.5 Å². The van der Waals surface area contributed by atoms with Gasteiger partial charge in [-0.1, -0.05) is 12.1 Å². The third-order valence-corrected chi connectivity index (χ3v) is 5.24. The molecule has 0 aliphatic rings. The number of nitro groups is 1. The summed E-state index contributed by atoms with van der Waals surface area (Å²) in [5.41, 5.74) is 0.706. The van der Waals surface area contributed by atoms with Gasteiger partial charge in [0.15, 0.2) is 0 Å². The molecule has 0 amide bonds. The van der Waals surface area contributed by atoms with Crippen LogP contribution in [0.25, 0.3) is 0 Å². The fourth-order valence-electron chi connectivity index (χ4n) is 2.13. The number of ether oxygens (including phenoxy) is 1. The van der Waals surface area contributed by atoms with Crippen LogP contribution in [0.4, 0.5) is 0 Å². The average molecular weight is 331 g/mol. The zero-order chi connectivity index (χ0) is 16.6. The summed E-state index contributed by atoms with van der Waals surface area (Å²) in [4.78, 5) is 10.5. The monoisotopic (exact) mass is 331 g/mol. The summed E-state index contributed by atoms with van der Waals surface area (Å²) in [5, 5.41) is 10.9. The van der Waals surface area contributed by atoms with Crippen molar-refractivity contribution in [3.05, 3.63) is 39.9 Å². The second-order valence-electron chi connectivity index (χ2n) is 4.61. The van der Waals surface area contributed by atoms with Gasteiger partial charge in [0.25, 0.3) is 0 Å². The van der Waals surface area contributed by atoms with Crippen LogP contribution in [-0.4, -0.2) is 38.0 Å². The van der Waals surface area contributed by atoms with Crippen molar-refractivity contribution < 1.29 is 23.3 Å². The van der Waals surface area contributed by atoms with Crippen LogP contribution in [0.5, 0.6) is 5.75 Å². The van der Waals surface area contributed by atoms with E-state index in [2.05, 4.69) is 0 Å². The Morgan fingerprint density at radius 3 is 2.14 bits per heavy atom. The lowest BCUT2D eigenvalue weighted by Gasteiger charge is -2.21. The Labute approximate surface area is 130 Å². The van der Waals surface area contributed by atoms with Gasteiger partial charge < -0.3 is 13.8 Å². The highest BCUT2D eigenvalue weighted by molar-refractivity contribution is 7.53. The summed E-state index contributed by atoms with van der Waals surface area (Å²) < 4.78 is 28.1. The maximum absolute atomic E-state index is 12.6. The molecule has 1 aromatic rings. The molecule has 0 heterocycles. The van der Waals surface area contributed by atoms with Crippen molar-refractivity contribution in [2.75, 3.05) is 33.0 Å². The zero-order valence-corrected chi connectivity index (χ0v) is 14.0. The van der Waals surface area contributed by atoms with Gasteiger partial charge in [0, 0.05) is 4.92 Å². The maximum atomic E-state index is 12.6. The number of nitrogens with zero attached hydrogens (tertiary/aromatic N) is 1. The van der Waals surface area contributed by atoms with Gasteiger partial charge >= 0.3 is 7.60 Å². The third kappa shape index (κ3) is 5.75. The van der Waals surface area contributed by atoms with E-state index in [1.165, 1.54) is 0 Å². The molecule has 0 fully saturated rings. The largest absolute Gasteiger partial charge is 0.497 e. The lowest BCUT2D eigenvalue weighted by atomic mass is 10.0. The summed E-state index contributed by atoms with van der Waals surface area (Å²) in [6.45, 7) is 3.54. The highest BCUT2D eigenvalue weighted by Crippen LogP contribution is 2.51. The van der Waals surface area contributed by atoms with Crippen LogP contribution in [0.15, 0.2) is 24.3 Å². The van der Waals surface area contributed by atoms with E-state index in [-0.39, 0.29) is 25.9 Å². The van der Waals surface area contributed by atoms with Gasteiger partial charge in [-0.3, -0.25) is 14.7 Å². The van der Waals surface area contributed by atoms with Gasteiger partial charge in [-0.15, -0.1) is 0 Å². The van der Waals surface area contributed by atoms with E-state index in [0.29, 0.717) is 11.3 Å². The molecular formula is C14H22NO6P. The number of benzene rings is 1. The molecular weight excluding hydrogens is 309 g/mol. The summed E-state index contributed by atoms with van der Waals surface area (Å²) in [6, 6.07) is 6.90. The predicted molar refractivity (Wildman–Crippen MR) is 83.3 cm³/mol. The topological polar surface area (TPSA) is 87.9 Å². The second-order valence-corrected chi connectivity index (χ2v) is 6.72. The van der Waals surface area contributed by atoms with E-state index < -0.39 is 18.4 Å². The molecule has 1 aromatic carbocycles. The third-order valence-electron chi connectivity index (χ3n) is 3.05. The summed E-state index contributed by atoms with van der Waals surface area (Å²) in [6.07, 6.45) is -0.0258. The van der Waals surface area contributed by atoms with Crippen molar-refractivity contribution in [3.63, 3.8) is 0 Å². The van der Waals surface area contributed by atoms with Crippen molar-refractivity contribution in [1.29, 1.82) is 0 Å². The number of hydrogen-bond acceptors (Lipinski definition) is 6. The van der Waals surface area contributed by atoms with E-state index in [4.69, 9.17) is 13.8 Å². The van der Waals surface area contributed by atoms with E-state index in [0.717, 1.165) is 0 Å². The first-order valence-corrected chi connectivity index (χ1v) is 8.80. The molecule has 1 rings (SSSR count). The Bertz CT molecular complexity index is 509. The molecule has 0 N–H and O–H groups in total. The van der Waals surface area contributed by atoms with Crippen molar-refractivity contribution in [1.82, 2.24) is 0 Å². The van der Waals surface area contributed by atoms with Crippen LogP contribution in [0.2, 0.25) is 0 Å². The Morgan fingerprint density at radius 2 is 1.73 bits per heavy atom. The fourth-order valence-corrected chi connectivity index (χ4v) is 4.07. The minimum Gasteiger partial charge on any atom is -0.497 e. The maximum Gasteiger partial charge on any atom is 0.331 e. The van der Waals surface area contributed by atoms with Crippen LogP contribution >= 0.6 is 7.60 Å². The first kappa shape index (κ1) is 18.6. The molecule has 0 saturated carbocycles. The van der Waals surface area contributed by atoms with Crippen LogP contribution in [-0.2, 0) is 13.6 Å². The molecule has 0 aliphatic carbocycles. The summed E-state index contributed by atoms with van der Waals surface area (Å²) in [7, 11) is -1.81. The molecule has 1 atom stereocenters. The van der Waals surface area contributed by atoms with Gasteiger partial charge in [-0.2, -0.15) is 0 Å². The van der Waals surface area contributed by atoms with Crippen LogP contribution < -0.4 is 4.74 Å². The molecule has 0 aromatic heterocycles. The summed E-state index contributed by atoms with van der Waals surface area (Å²) >= 11 is 0. The Morgan fingerprint density at radius 1 is 1.18 bits per heavy atom. The normalized spacial score (nSPS) is 12.9. The molecule has 22 heavy (non-hydrogen) atoms. The highest BCUT2D eigenvalue weighted by Gasteiger charge is 2.32. The fraction of sp³-hybridized carbons (Fsp3) is 0.571. The number of methoxy groups -OCH3 is 1. The van der Waals surface area contributed by atoms with Crippen LogP contribution in [0, 0.1) is 10.1 Å². The van der Waals surface area contributed by atoms with E-state index in [1.54, 1.807) is 45.2 Å². The van der Waals surface area contributed by atoms with Crippen molar-refractivity contribution >= 4 is 7.60 Å². The van der Waals surface area contributed by atoms with Gasteiger partial charge in [-0.25, -0.2) is 0 Å². The molecule has 0 bridgehead atoms. The molecule has 0 radical (unpaired) electrons. The standard InChI is InChI=1S/C14H22NO6P/c1-4-20-22(18,21-5-2)11-13(10-15(16)17)12-6-8-14(19-3)9-7-12/h6-9,13H,4-5,10-11H2,1-3H3.